The van der Waals surface area contributed by atoms with E-state index < -0.39 is 6.10 Å². The zero-order valence-electron chi connectivity index (χ0n) is 13.3. The van der Waals surface area contributed by atoms with Crippen LogP contribution in [0.4, 0.5) is 0 Å². The van der Waals surface area contributed by atoms with Gasteiger partial charge in [0.05, 0.1) is 23.7 Å². The third kappa shape index (κ3) is 3.55. The summed E-state index contributed by atoms with van der Waals surface area (Å²) >= 11 is 5.98. The van der Waals surface area contributed by atoms with Crippen LogP contribution in [-0.4, -0.2) is 33.1 Å². The molecule has 120 valence electrons. The summed E-state index contributed by atoms with van der Waals surface area (Å²) in [4.78, 5) is 6.73. The topological polar surface area (TPSA) is 41.3 Å². The van der Waals surface area contributed by atoms with Gasteiger partial charge in [0.1, 0.15) is 5.82 Å². The molecule has 0 saturated heterocycles. The molecule has 0 aliphatic rings. The van der Waals surface area contributed by atoms with Gasteiger partial charge in [0.2, 0.25) is 0 Å². The van der Waals surface area contributed by atoms with Gasteiger partial charge in [-0.2, -0.15) is 0 Å². The van der Waals surface area contributed by atoms with Gasteiger partial charge in [-0.25, -0.2) is 4.98 Å². The second-order valence-corrected chi connectivity index (χ2v) is 6.28. The fraction of sp³-hybridized carbons (Fsp3) is 0.278. The van der Waals surface area contributed by atoms with Crippen LogP contribution in [0.3, 0.4) is 0 Å². The van der Waals surface area contributed by atoms with Crippen LogP contribution in [0.5, 0.6) is 0 Å². The second kappa shape index (κ2) is 6.71. The van der Waals surface area contributed by atoms with E-state index in [1.807, 2.05) is 44.4 Å². The van der Waals surface area contributed by atoms with Gasteiger partial charge in [0.25, 0.3) is 0 Å². The lowest BCUT2D eigenvalue weighted by molar-refractivity contribution is 0.122. The first-order valence-corrected chi connectivity index (χ1v) is 7.95. The van der Waals surface area contributed by atoms with Crippen molar-refractivity contribution in [2.45, 2.75) is 12.6 Å². The van der Waals surface area contributed by atoms with Gasteiger partial charge in [0, 0.05) is 18.6 Å². The van der Waals surface area contributed by atoms with Gasteiger partial charge in [-0.1, -0.05) is 35.9 Å². The summed E-state index contributed by atoms with van der Waals surface area (Å²) in [7, 11) is 4.00. The number of halogens is 1. The maximum atomic E-state index is 10.4. The number of aliphatic hydroxyl groups is 1. The predicted octanol–water partition coefficient (Wildman–Crippen LogP) is 3.39. The van der Waals surface area contributed by atoms with Crippen molar-refractivity contribution in [2.24, 2.45) is 7.05 Å². The Kier molecular flexibility index (Phi) is 4.66. The van der Waals surface area contributed by atoms with Crippen LogP contribution in [0.1, 0.15) is 17.5 Å². The van der Waals surface area contributed by atoms with Crippen molar-refractivity contribution in [3.05, 3.63) is 64.9 Å². The molecule has 0 spiro atoms. The van der Waals surface area contributed by atoms with E-state index in [1.54, 1.807) is 12.1 Å². The van der Waals surface area contributed by atoms with E-state index in [0.29, 0.717) is 18.1 Å². The minimum atomic E-state index is -0.576. The van der Waals surface area contributed by atoms with Gasteiger partial charge in [-0.05, 0) is 36.9 Å². The van der Waals surface area contributed by atoms with Crippen molar-refractivity contribution in [1.29, 1.82) is 0 Å². The number of rotatable bonds is 5. The average Bonchev–Trinajstić information content (AvgIpc) is 2.84. The van der Waals surface area contributed by atoms with E-state index >= 15 is 0 Å². The molecule has 1 atom stereocenters. The number of fused-ring (bicyclic) bond motifs is 1. The molecule has 1 aromatic heterocycles. The lowest BCUT2D eigenvalue weighted by Gasteiger charge is -2.20. The quantitative estimate of drug-likeness (QED) is 0.780. The van der Waals surface area contributed by atoms with Crippen molar-refractivity contribution in [3.8, 4) is 0 Å². The van der Waals surface area contributed by atoms with Crippen molar-refractivity contribution in [2.75, 3.05) is 13.6 Å². The Morgan fingerprint density at radius 2 is 2.00 bits per heavy atom. The average molecular weight is 330 g/mol. The molecule has 23 heavy (non-hydrogen) atoms. The molecule has 0 fully saturated rings. The number of hydrogen-bond donors (Lipinski definition) is 1. The maximum Gasteiger partial charge on any atom is 0.123 e. The molecule has 0 amide bonds. The molecule has 0 saturated carbocycles. The lowest BCUT2D eigenvalue weighted by Crippen LogP contribution is -2.25. The SMILES string of the molecule is CN(Cc1nc2ccccc2n1C)CC(O)c1cccc(Cl)c1. The molecule has 0 bridgehead atoms. The number of aryl methyl sites for hydroxylation is 1. The van der Waals surface area contributed by atoms with E-state index in [9.17, 15) is 5.11 Å². The van der Waals surface area contributed by atoms with Gasteiger partial charge in [-0.3, -0.25) is 4.90 Å². The standard InChI is InChI=1S/C18H20ClN3O/c1-21(11-17(23)13-6-5-7-14(19)10-13)12-18-20-15-8-3-4-9-16(15)22(18)2/h3-10,17,23H,11-12H2,1-2H3. The van der Waals surface area contributed by atoms with E-state index in [-0.39, 0.29) is 0 Å². The number of hydrogen-bond acceptors (Lipinski definition) is 3. The minimum Gasteiger partial charge on any atom is -0.387 e. The summed E-state index contributed by atoms with van der Waals surface area (Å²) in [5, 5.41) is 11.0. The minimum absolute atomic E-state index is 0.517. The van der Waals surface area contributed by atoms with Gasteiger partial charge < -0.3 is 9.67 Å². The summed E-state index contributed by atoms with van der Waals surface area (Å²) in [5.74, 6) is 0.979. The molecule has 4 nitrogen and oxygen atoms in total. The molecule has 3 aromatic rings. The van der Waals surface area contributed by atoms with E-state index in [1.165, 1.54) is 0 Å². The molecular formula is C18H20ClN3O. The molecule has 0 aliphatic heterocycles. The van der Waals surface area contributed by atoms with E-state index in [4.69, 9.17) is 11.6 Å². The Labute approximate surface area is 140 Å². The van der Waals surface area contributed by atoms with Crippen LogP contribution in [0.15, 0.2) is 48.5 Å². The lowest BCUT2D eigenvalue weighted by atomic mass is 10.1. The van der Waals surface area contributed by atoms with Crippen molar-refractivity contribution in [3.63, 3.8) is 0 Å². The molecule has 3 rings (SSSR count). The fourth-order valence-corrected chi connectivity index (χ4v) is 2.96. The summed E-state index contributed by atoms with van der Waals surface area (Å²) in [6, 6.07) is 15.4. The fourth-order valence-electron chi connectivity index (χ4n) is 2.76. The number of nitrogens with zero attached hydrogens (tertiary/aromatic N) is 3. The molecule has 1 heterocycles. The Hall–Kier alpha value is -1.88. The largest absolute Gasteiger partial charge is 0.387 e. The third-order valence-corrected chi connectivity index (χ3v) is 4.24. The van der Waals surface area contributed by atoms with Crippen LogP contribution >= 0.6 is 11.6 Å². The monoisotopic (exact) mass is 329 g/mol. The maximum absolute atomic E-state index is 10.4. The van der Waals surface area contributed by atoms with Crippen LogP contribution in [0.2, 0.25) is 5.02 Å². The van der Waals surface area contributed by atoms with Crippen LogP contribution < -0.4 is 0 Å². The first-order valence-electron chi connectivity index (χ1n) is 7.57. The Balaban J connectivity index is 1.71. The number of aromatic nitrogens is 2. The smallest absolute Gasteiger partial charge is 0.123 e. The van der Waals surface area contributed by atoms with Crippen LogP contribution in [0.25, 0.3) is 11.0 Å². The van der Waals surface area contributed by atoms with Gasteiger partial charge >= 0.3 is 0 Å². The zero-order chi connectivity index (χ0) is 16.4. The number of imidazole rings is 1. The van der Waals surface area contributed by atoms with E-state index in [0.717, 1.165) is 22.4 Å². The molecular weight excluding hydrogens is 310 g/mol. The summed E-state index contributed by atoms with van der Waals surface area (Å²) < 4.78 is 2.09. The highest BCUT2D eigenvalue weighted by Crippen LogP contribution is 2.20. The van der Waals surface area contributed by atoms with Crippen molar-refractivity contribution >= 4 is 22.6 Å². The van der Waals surface area contributed by atoms with Gasteiger partial charge in [-0.15, -0.1) is 0 Å². The molecule has 0 aliphatic carbocycles. The highest BCUT2D eigenvalue weighted by atomic mass is 35.5. The number of benzene rings is 2. The highest BCUT2D eigenvalue weighted by Gasteiger charge is 2.14. The molecule has 0 radical (unpaired) electrons. The van der Waals surface area contributed by atoms with Crippen LogP contribution in [0, 0.1) is 0 Å². The summed E-state index contributed by atoms with van der Waals surface area (Å²) in [6.45, 7) is 1.19. The second-order valence-electron chi connectivity index (χ2n) is 5.84. The highest BCUT2D eigenvalue weighted by molar-refractivity contribution is 6.30. The summed E-state index contributed by atoms with van der Waals surface area (Å²) in [6.07, 6.45) is -0.576. The predicted molar refractivity (Wildman–Crippen MR) is 93.5 cm³/mol. The Morgan fingerprint density at radius 1 is 1.22 bits per heavy atom. The zero-order valence-corrected chi connectivity index (χ0v) is 14.0. The first-order chi connectivity index (χ1) is 11.0. The summed E-state index contributed by atoms with van der Waals surface area (Å²) in [5.41, 5.74) is 2.94. The van der Waals surface area contributed by atoms with Crippen LogP contribution in [-0.2, 0) is 13.6 Å². The van der Waals surface area contributed by atoms with E-state index in [2.05, 4.69) is 20.5 Å². The van der Waals surface area contributed by atoms with Crippen molar-refractivity contribution < 1.29 is 5.11 Å². The van der Waals surface area contributed by atoms with Gasteiger partial charge in [0.15, 0.2) is 0 Å². The molecule has 2 aromatic carbocycles. The number of likely N-dealkylation sites (N-methyl/N-ethyl adjacent to an activating group) is 1. The normalized spacial score (nSPS) is 12.9. The molecule has 1 unspecified atom stereocenters. The first kappa shape index (κ1) is 16.0. The Bertz CT molecular complexity index is 815. The molecule has 1 N–H and O–H groups in total. The third-order valence-electron chi connectivity index (χ3n) is 4.01. The molecule has 5 heteroatoms. The Morgan fingerprint density at radius 3 is 2.74 bits per heavy atom. The van der Waals surface area contributed by atoms with Crippen molar-refractivity contribution in [1.82, 2.24) is 14.5 Å². The number of aliphatic hydroxyl groups excluding tert-OH is 1. The number of para-hydroxylation sites is 2.